The average molecular weight is 502 g/mol. The fraction of sp³-hybridized carbons (Fsp3) is 0.172. The molecule has 0 unspecified atom stereocenters. The van der Waals surface area contributed by atoms with Crippen LogP contribution >= 0.6 is 0 Å². The van der Waals surface area contributed by atoms with Crippen molar-refractivity contribution in [3.8, 4) is 34.2 Å². The molecule has 6 aromatic rings. The second kappa shape index (κ2) is 9.19. The normalized spacial score (nSPS) is 11.8. The van der Waals surface area contributed by atoms with Crippen LogP contribution in [-0.2, 0) is 0 Å². The number of nitrogens with one attached hydrogen (secondary N) is 3. The first-order chi connectivity index (χ1) is 18.3. The van der Waals surface area contributed by atoms with Crippen LogP contribution in [0.4, 0.5) is 5.69 Å². The number of aromatic amines is 2. The van der Waals surface area contributed by atoms with E-state index >= 15 is 0 Å². The van der Waals surface area contributed by atoms with Gasteiger partial charge in [-0.3, -0.25) is 20.1 Å². The molecule has 6 heterocycles. The highest BCUT2D eigenvalue weighted by Gasteiger charge is 2.18. The zero-order valence-corrected chi connectivity index (χ0v) is 21.4. The van der Waals surface area contributed by atoms with Gasteiger partial charge in [0.2, 0.25) is 0 Å². The van der Waals surface area contributed by atoms with E-state index < -0.39 is 0 Å². The first-order valence-corrected chi connectivity index (χ1v) is 12.4. The number of hydrogen-bond donors (Lipinski definition) is 3. The van der Waals surface area contributed by atoms with E-state index in [0.29, 0.717) is 22.7 Å². The summed E-state index contributed by atoms with van der Waals surface area (Å²) in [6, 6.07) is 13.6. The Kier molecular flexibility index (Phi) is 5.68. The molecule has 0 fully saturated rings. The Balaban J connectivity index is 1.36. The lowest BCUT2D eigenvalue weighted by Crippen LogP contribution is -2.10. The van der Waals surface area contributed by atoms with Crippen LogP contribution in [0.25, 0.3) is 56.2 Å². The molecule has 6 rings (SSSR count). The fourth-order valence-electron chi connectivity index (χ4n) is 4.50. The van der Waals surface area contributed by atoms with Gasteiger partial charge < -0.3 is 10.3 Å². The third-order valence-electron chi connectivity index (χ3n) is 6.04. The molecule has 0 aliphatic carbocycles. The Morgan fingerprint density at radius 3 is 2.58 bits per heavy atom. The van der Waals surface area contributed by atoms with E-state index in [2.05, 4.69) is 62.8 Å². The molecule has 9 heteroatoms. The van der Waals surface area contributed by atoms with Crippen LogP contribution in [0.15, 0.2) is 79.5 Å². The zero-order valence-electron chi connectivity index (χ0n) is 21.4. The van der Waals surface area contributed by atoms with Crippen molar-refractivity contribution in [2.75, 3.05) is 5.32 Å². The van der Waals surface area contributed by atoms with Gasteiger partial charge in [0, 0.05) is 29.9 Å². The molecule has 9 nitrogen and oxygen atoms in total. The van der Waals surface area contributed by atoms with Gasteiger partial charge in [0.15, 0.2) is 11.5 Å². The number of rotatable bonds is 6. The second-order valence-corrected chi connectivity index (χ2v) is 10.4. The van der Waals surface area contributed by atoms with Gasteiger partial charge in [0.05, 0.1) is 34.3 Å². The smallest absolute Gasteiger partial charge is 0.161 e. The number of hydrogen-bond acceptors (Lipinski definition) is 7. The molecule has 0 bridgehead atoms. The lowest BCUT2D eigenvalue weighted by atomic mass is 9.91. The lowest BCUT2D eigenvalue weighted by molar-refractivity contribution is 0.411. The molecule has 0 radical (unpaired) electrons. The first-order valence-electron chi connectivity index (χ1n) is 12.4. The van der Waals surface area contributed by atoms with Gasteiger partial charge in [-0.1, -0.05) is 33.4 Å². The monoisotopic (exact) mass is 501 g/mol. The van der Waals surface area contributed by atoms with Crippen LogP contribution in [0.2, 0.25) is 0 Å². The van der Waals surface area contributed by atoms with E-state index in [1.807, 2.05) is 42.5 Å². The Morgan fingerprint density at radius 2 is 1.76 bits per heavy atom. The van der Waals surface area contributed by atoms with E-state index in [0.717, 1.165) is 51.3 Å². The summed E-state index contributed by atoms with van der Waals surface area (Å²) in [4.78, 5) is 26.6. The fourth-order valence-corrected chi connectivity index (χ4v) is 4.50. The van der Waals surface area contributed by atoms with Gasteiger partial charge in [0.25, 0.3) is 0 Å². The minimum Gasteiger partial charge on any atom is -0.358 e. The van der Waals surface area contributed by atoms with Crippen LogP contribution in [-0.4, -0.2) is 40.1 Å². The van der Waals surface area contributed by atoms with Gasteiger partial charge in [-0.05, 0) is 48.2 Å². The quantitative estimate of drug-likeness (QED) is 0.242. The molecule has 0 atom stereocenters. The summed E-state index contributed by atoms with van der Waals surface area (Å²) in [6.45, 7) is 10.7. The summed E-state index contributed by atoms with van der Waals surface area (Å²) >= 11 is 0. The van der Waals surface area contributed by atoms with Gasteiger partial charge in [-0.25, -0.2) is 9.97 Å². The number of nitrogens with zero attached hydrogens (tertiary/aromatic N) is 6. The maximum Gasteiger partial charge on any atom is 0.161 e. The van der Waals surface area contributed by atoms with Crippen molar-refractivity contribution in [3.05, 3.63) is 79.5 Å². The van der Waals surface area contributed by atoms with Crippen molar-refractivity contribution in [1.82, 2.24) is 40.1 Å². The van der Waals surface area contributed by atoms with Crippen molar-refractivity contribution in [2.45, 2.75) is 27.2 Å². The summed E-state index contributed by atoms with van der Waals surface area (Å²) in [5.74, 6) is 0.605. The topological polar surface area (TPSA) is 121 Å². The molecule has 0 amide bonds. The van der Waals surface area contributed by atoms with Crippen LogP contribution in [0.1, 0.15) is 27.2 Å². The van der Waals surface area contributed by atoms with Crippen molar-refractivity contribution >= 4 is 27.8 Å². The van der Waals surface area contributed by atoms with E-state index in [9.17, 15) is 0 Å². The number of anilines is 1. The predicted molar refractivity (Wildman–Crippen MR) is 150 cm³/mol. The molecule has 0 saturated carbocycles. The molecule has 3 N–H and O–H groups in total. The largest absolute Gasteiger partial charge is 0.358 e. The third-order valence-corrected chi connectivity index (χ3v) is 6.04. The zero-order chi connectivity index (χ0) is 26.3. The SMILES string of the molecule is C=C(CC(C)(C)C)Nc1cncc(-c2ccc3[nH]nc(-c4nc5c(-c6ccccn6)nccc5[nH]4)c3n2)c1. The van der Waals surface area contributed by atoms with Crippen molar-refractivity contribution in [1.29, 1.82) is 0 Å². The Hall–Kier alpha value is -4.92. The minimum atomic E-state index is 0.143. The van der Waals surface area contributed by atoms with Crippen LogP contribution < -0.4 is 5.32 Å². The number of allylic oxidation sites excluding steroid dienone is 1. The highest BCUT2D eigenvalue weighted by Crippen LogP contribution is 2.31. The number of aromatic nitrogens is 8. The first kappa shape index (κ1) is 23.5. The predicted octanol–water partition coefficient (Wildman–Crippen LogP) is 6.38. The summed E-state index contributed by atoms with van der Waals surface area (Å²) in [7, 11) is 0. The van der Waals surface area contributed by atoms with E-state index in [4.69, 9.17) is 9.97 Å². The molecular weight excluding hydrogens is 474 g/mol. The van der Waals surface area contributed by atoms with E-state index in [1.165, 1.54) is 0 Å². The molecule has 0 aliphatic heterocycles. The number of pyridine rings is 4. The van der Waals surface area contributed by atoms with Crippen molar-refractivity contribution < 1.29 is 0 Å². The van der Waals surface area contributed by atoms with Crippen LogP contribution in [0.3, 0.4) is 0 Å². The van der Waals surface area contributed by atoms with Crippen molar-refractivity contribution in [2.24, 2.45) is 5.41 Å². The van der Waals surface area contributed by atoms with E-state index in [-0.39, 0.29) is 5.41 Å². The maximum absolute atomic E-state index is 4.94. The molecule has 188 valence electrons. The molecule has 0 aromatic carbocycles. The molecule has 6 aromatic heterocycles. The average Bonchev–Trinajstić information content (AvgIpc) is 3.51. The maximum atomic E-state index is 4.94. The Bertz CT molecular complexity index is 1780. The number of fused-ring (bicyclic) bond motifs is 2. The van der Waals surface area contributed by atoms with Crippen LogP contribution in [0, 0.1) is 5.41 Å². The third kappa shape index (κ3) is 4.61. The molecule has 0 saturated heterocycles. The summed E-state index contributed by atoms with van der Waals surface area (Å²) in [5.41, 5.74) is 8.83. The van der Waals surface area contributed by atoms with Crippen LogP contribution in [0.5, 0.6) is 0 Å². The Labute approximate surface area is 219 Å². The molecule has 38 heavy (non-hydrogen) atoms. The number of H-pyrrole nitrogens is 2. The summed E-state index contributed by atoms with van der Waals surface area (Å²) in [6.07, 6.45) is 7.95. The van der Waals surface area contributed by atoms with Gasteiger partial charge >= 0.3 is 0 Å². The molecule has 0 spiro atoms. The second-order valence-electron chi connectivity index (χ2n) is 10.4. The number of imidazole rings is 1. The minimum absolute atomic E-state index is 0.143. The van der Waals surface area contributed by atoms with Gasteiger partial charge in [0.1, 0.15) is 16.7 Å². The van der Waals surface area contributed by atoms with Gasteiger partial charge in [-0.2, -0.15) is 5.10 Å². The van der Waals surface area contributed by atoms with E-state index in [1.54, 1.807) is 24.8 Å². The highest BCUT2D eigenvalue weighted by atomic mass is 15.2. The summed E-state index contributed by atoms with van der Waals surface area (Å²) in [5, 5.41) is 11.0. The Morgan fingerprint density at radius 1 is 0.895 bits per heavy atom. The molecular formula is C29H27N9. The van der Waals surface area contributed by atoms with Crippen molar-refractivity contribution in [3.63, 3.8) is 0 Å². The highest BCUT2D eigenvalue weighted by molar-refractivity contribution is 5.94. The lowest BCUT2D eigenvalue weighted by Gasteiger charge is -2.20. The van der Waals surface area contributed by atoms with Gasteiger partial charge in [-0.15, -0.1) is 0 Å². The molecule has 0 aliphatic rings. The standard InChI is InChI=1S/C29H27N9/c1-17(14-29(2,3)4)33-19-13-18(15-30-16-19)20-8-9-23-26(34-20)27(38-37-23)28-35-22-10-12-32-24(25(22)36-28)21-7-5-6-11-31-21/h5-13,15-16,33H,1,14H2,2-4H3,(H,35,36)(H,37,38). The summed E-state index contributed by atoms with van der Waals surface area (Å²) < 4.78 is 0.